The maximum atomic E-state index is 12.3. The van der Waals surface area contributed by atoms with Gasteiger partial charge in [-0.1, -0.05) is 25.0 Å². The average molecular weight is 395 g/mol. The van der Waals surface area contributed by atoms with Gasteiger partial charge < -0.3 is 9.64 Å². The van der Waals surface area contributed by atoms with Crippen molar-refractivity contribution in [1.82, 2.24) is 9.80 Å². The maximum Gasteiger partial charge on any atom is 0.222 e. The number of piperazine rings is 1. The van der Waals surface area contributed by atoms with Crippen LogP contribution >= 0.6 is 15.9 Å². The van der Waals surface area contributed by atoms with E-state index in [4.69, 9.17) is 4.74 Å². The molecule has 1 saturated carbocycles. The lowest BCUT2D eigenvalue weighted by atomic mass is 10.1. The Morgan fingerprint density at radius 1 is 1.12 bits per heavy atom. The third-order valence-corrected chi connectivity index (χ3v) is 5.79. The number of hydrogen-bond donors (Lipinski definition) is 0. The molecule has 1 aromatic rings. The minimum atomic E-state index is 0.275. The monoisotopic (exact) mass is 394 g/mol. The summed E-state index contributed by atoms with van der Waals surface area (Å²) in [4.78, 5) is 17.0. The normalized spacial score (nSPS) is 19.6. The number of carbonyl (C=O) groups excluding carboxylic acids is 1. The summed E-state index contributed by atoms with van der Waals surface area (Å²) in [6.07, 6.45) is 6.79. The summed E-state index contributed by atoms with van der Waals surface area (Å²) >= 11 is 3.47. The number of para-hydroxylation sites is 1. The van der Waals surface area contributed by atoms with Crippen molar-refractivity contribution in [3.63, 3.8) is 0 Å². The predicted octanol–water partition coefficient (Wildman–Crippen LogP) is 3.69. The van der Waals surface area contributed by atoms with Gasteiger partial charge in [-0.15, -0.1) is 0 Å². The Hall–Kier alpha value is -1.07. The number of nitrogens with zero attached hydrogens (tertiary/aromatic N) is 2. The molecule has 0 spiro atoms. The van der Waals surface area contributed by atoms with Crippen LogP contribution in [0.15, 0.2) is 28.7 Å². The summed E-state index contributed by atoms with van der Waals surface area (Å²) < 4.78 is 6.69. The first-order valence-corrected chi connectivity index (χ1v) is 9.92. The van der Waals surface area contributed by atoms with Crippen molar-refractivity contribution >= 4 is 21.8 Å². The summed E-state index contributed by atoms with van der Waals surface area (Å²) in [5.74, 6) is 1.12. The van der Waals surface area contributed by atoms with Crippen LogP contribution in [-0.2, 0) is 4.79 Å². The van der Waals surface area contributed by atoms with Crippen LogP contribution in [0.3, 0.4) is 0 Å². The Morgan fingerprint density at radius 2 is 1.83 bits per heavy atom. The smallest absolute Gasteiger partial charge is 0.222 e. The summed E-state index contributed by atoms with van der Waals surface area (Å²) in [5.41, 5.74) is 0. The molecule has 0 unspecified atom stereocenters. The van der Waals surface area contributed by atoms with Crippen molar-refractivity contribution in [3.05, 3.63) is 28.7 Å². The minimum Gasteiger partial charge on any atom is -0.492 e. The highest BCUT2D eigenvalue weighted by atomic mass is 79.9. The molecular weight excluding hydrogens is 368 g/mol. The predicted molar refractivity (Wildman–Crippen MR) is 99.3 cm³/mol. The molecule has 1 amide bonds. The fraction of sp³-hybridized carbons (Fsp3) is 0.632. The van der Waals surface area contributed by atoms with Crippen molar-refractivity contribution in [1.29, 1.82) is 0 Å². The number of carbonyl (C=O) groups is 1. The summed E-state index contributed by atoms with van der Waals surface area (Å²) in [5, 5.41) is 0. The molecule has 2 fully saturated rings. The van der Waals surface area contributed by atoms with E-state index in [-0.39, 0.29) is 5.91 Å². The minimum absolute atomic E-state index is 0.275. The van der Waals surface area contributed by atoms with Gasteiger partial charge in [-0.05, 0) is 47.3 Å². The summed E-state index contributed by atoms with van der Waals surface area (Å²) in [6, 6.07) is 8.60. The summed E-state index contributed by atoms with van der Waals surface area (Å²) in [6.45, 7) is 4.45. The highest BCUT2D eigenvalue weighted by molar-refractivity contribution is 9.10. The molecule has 2 aliphatic rings. The third kappa shape index (κ3) is 4.73. The van der Waals surface area contributed by atoms with Crippen molar-refractivity contribution in [2.75, 3.05) is 32.8 Å². The highest BCUT2D eigenvalue weighted by Crippen LogP contribution is 2.25. The molecule has 0 radical (unpaired) electrons. The molecule has 1 aliphatic carbocycles. The van der Waals surface area contributed by atoms with E-state index in [0.29, 0.717) is 13.0 Å². The van der Waals surface area contributed by atoms with Crippen LogP contribution in [0.25, 0.3) is 0 Å². The van der Waals surface area contributed by atoms with Crippen molar-refractivity contribution in [3.8, 4) is 5.75 Å². The van der Waals surface area contributed by atoms with E-state index in [9.17, 15) is 4.79 Å². The van der Waals surface area contributed by atoms with Gasteiger partial charge in [-0.25, -0.2) is 0 Å². The van der Waals surface area contributed by atoms with Gasteiger partial charge in [0.15, 0.2) is 0 Å². The molecule has 0 bridgehead atoms. The Morgan fingerprint density at radius 3 is 2.54 bits per heavy atom. The average Bonchev–Trinajstić information content (AvgIpc) is 3.15. The number of amides is 1. The first-order chi connectivity index (χ1) is 11.7. The first kappa shape index (κ1) is 17.7. The zero-order valence-electron chi connectivity index (χ0n) is 14.3. The van der Waals surface area contributed by atoms with E-state index in [1.165, 1.54) is 25.7 Å². The van der Waals surface area contributed by atoms with E-state index in [2.05, 4.69) is 20.8 Å². The van der Waals surface area contributed by atoms with Gasteiger partial charge in [0.2, 0.25) is 5.91 Å². The first-order valence-electron chi connectivity index (χ1n) is 9.13. The fourth-order valence-corrected chi connectivity index (χ4v) is 4.13. The molecule has 1 saturated heterocycles. The van der Waals surface area contributed by atoms with Crippen LogP contribution in [0.4, 0.5) is 0 Å². The van der Waals surface area contributed by atoms with Gasteiger partial charge in [0, 0.05) is 38.6 Å². The van der Waals surface area contributed by atoms with Gasteiger partial charge in [0.25, 0.3) is 0 Å². The van der Waals surface area contributed by atoms with E-state index in [1.807, 2.05) is 29.2 Å². The molecule has 4 nitrogen and oxygen atoms in total. The summed E-state index contributed by atoms with van der Waals surface area (Å²) in [7, 11) is 0. The van der Waals surface area contributed by atoms with E-state index >= 15 is 0 Å². The number of ether oxygens (including phenoxy) is 1. The molecule has 1 aromatic carbocycles. The molecule has 0 N–H and O–H groups in total. The molecular formula is C19H27BrN2O2. The van der Waals surface area contributed by atoms with Gasteiger partial charge in [0.05, 0.1) is 11.1 Å². The van der Waals surface area contributed by atoms with Gasteiger partial charge in [-0.3, -0.25) is 9.69 Å². The molecule has 0 aromatic heterocycles. The van der Waals surface area contributed by atoms with Crippen LogP contribution in [0, 0.1) is 0 Å². The van der Waals surface area contributed by atoms with Crippen LogP contribution in [0.2, 0.25) is 0 Å². The van der Waals surface area contributed by atoms with Crippen LogP contribution < -0.4 is 4.74 Å². The third-order valence-electron chi connectivity index (χ3n) is 5.14. The molecule has 3 rings (SSSR count). The fourth-order valence-electron chi connectivity index (χ4n) is 3.73. The van der Waals surface area contributed by atoms with E-state index in [1.54, 1.807) is 0 Å². The van der Waals surface area contributed by atoms with E-state index < -0.39 is 0 Å². The van der Waals surface area contributed by atoms with Crippen LogP contribution in [0.1, 0.15) is 38.5 Å². The maximum absolute atomic E-state index is 12.3. The molecule has 132 valence electrons. The lowest BCUT2D eigenvalue weighted by Gasteiger charge is -2.38. The van der Waals surface area contributed by atoms with Crippen molar-refractivity contribution in [2.24, 2.45) is 0 Å². The molecule has 0 atom stereocenters. The Kier molecular flexibility index (Phi) is 6.55. The Bertz CT molecular complexity index is 538. The van der Waals surface area contributed by atoms with Crippen LogP contribution in [-0.4, -0.2) is 54.5 Å². The van der Waals surface area contributed by atoms with Gasteiger partial charge in [-0.2, -0.15) is 0 Å². The second kappa shape index (κ2) is 8.86. The number of benzene rings is 1. The standard InChI is InChI=1S/C19H27BrN2O2/c20-17-8-3-4-9-18(17)24-15-5-10-19(23)22-13-11-21(12-14-22)16-6-1-2-7-16/h3-4,8-9,16H,1-2,5-7,10-15H2. The Labute approximate surface area is 153 Å². The van der Waals surface area contributed by atoms with Crippen molar-refractivity contribution < 1.29 is 9.53 Å². The van der Waals surface area contributed by atoms with Gasteiger partial charge in [0.1, 0.15) is 5.75 Å². The Balaban J connectivity index is 1.33. The highest BCUT2D eigenvalue weighted by Gasteiger charge is 2.27. The van der Waals surface area contributed by atoms with E-state index in [0.717, 1.165) is 48.9 Å². The quantitative estimate of drug-likeness (QED) is 0.689. The second-order valence-corrected chi connectivity index (χ2v) is 7.59. The van der Waals surface area contributed by atoms with Crippen molar-refractivity contribution in [2.45, 2.75) is 44.6 Å². The molecule has 1 heterocycles. The second-order valence-electron chi connectivity index (χ2n) is 6.74. The SMILES string of the molecule is O=C(CCCOc1ccccc1Br)N1CCN(C2CCCC2)CC1. The largest absolute Gasteiger partial charge is 0.492 e. The lowest BCUT2D eigenvalue weighted by Crippen LogP contribution is -2.51. The topological polar surface area (TPSA) is 32.8 Å². The number of hydrogen-bond acceptors (Lipinski definition) is 3. The zero-order valence-corrected chi connectivity index (χ0v) is 15.8. The number of halogens is 1. The van der Waals surface area contributed by atoms with Gasteiger partial charge >= 0.3 is 0 Å². The molecule has 1 aliphatic heterocycles. The molecule has 24 heavy (non-hydrogen) atoms. The zero-order chi connectivity index (χ0) is 16.8. The van der Waals surface area contributed by atoms with Crippen LogP contribution in [0.5, 0.6) is 5.75 Å². The number of rotatable bonds is 6. The molecule has 5 heteroatoms. The lowest BCUT2D eigenvalue weighted by molar-refractivity contribution is -0.133.